The van der Waals surface area contributed by atoms with Gasteiger partial charge in [0, 0.05) is 0 Å². The van der Waals surface area contributed by atoms with E-state index in [-0.39, 0.29) is 24.8 Å². The quantitative estimate of drug-likeness (QED) is 0.405. The minimum absolute atomic E-state index is 0. The van der Waals surface area contributed by atoms with Gasteiger partial charge in [0.05, 0.1) is 0 Å². The Morgan fingerprint density at radius 1 is 0.568 bits per heavy atom. The molecule has 2 aliphatic rings. The molecule has 0 aromatic heterocycles. The molecule has 0 bridgehead atoms. The Morgan fingerprint density at radius 3 is 1.19 bits per heavy atom. The molecule has 0 saturated heterocycles. The molecule has 2 aromatic carbocycles. The third-order valence-corrected chi connectivity index (χ3v) is 13.3. The molecule has 0 amide bonds. The van der Waals surface area contributed by atoms with Crippen molar-refractivity contribution < 1.29 is 48.0 Å². The fourth-order valence-corrected chi connectivity index (χ4v) is 11.3. The van der Waals surface area contributed by atoms with Crippen molar-refractivity contribution in [2.24, 2.45) is 0 Å². The van der Waals surface area contributed by atoms with E-state index in [0.717, 1.165) is 0 Å². The molecule has 3 heteroatoms. The van der Waals surface area contributed by atoms with Gasteiger partial charge in [-0.25, -0.2) is 0 Å². The molecule has 0 aliphatic heterocycles. The van der Waals surface area contributed by atoms with E-state index in [2.05, 4.69) is 106 Å². The molecule has 0 N–H and O–H groups in total. The average molecular weight is 617 g/mol. The van der Waals surface area contributed by atoms with Crippen LogP contribution in [-0.2, 0) is 23.2 Å². The largest absolute Gasteiger partial charge is 1.00 e. The van der Waals surface area contributed by atoms with Gasteiger partial charge < -0.3 is 24.8 Å². The summed E-state index contributed by atoms with van der Waals surface area (Å²) < 4.78 is 1.40. The van der Waals surface area contributed by atoms with Crippen LogP contribution in [0.2, 0.25) is 0 Å². The molecule has 2 unspecified atom stereocenters. The summed E-state index contributed by atoms with van der Waals surface area (Å²) in [5.41, 5.74) is 16.1. The second-order valence-electron chi connectivity index (χ2n) is 12.0. The molecule has 0 spiro atoms. The molecule has 2 aromatic rings. The Labute approximate surface area is 251 Å². The van der Waals surface area contributed by atoms with Crippen molar-refractivity contribution in [3.63, 3.8) is 0 Å². The Morgan fingerprint density at radius 2 is 0.919 bits per heavy atom. The van der Waals surface area contributed by atoms with Crippen LogP contribution in [-0.4, -0.2) is 0 Å². The maximum atomic E-state index is 2.61. The van der Waals surface area contributed by atoms with Crippen LogP contribution < -0.4 is 24.8 Å². The van der Waals surface area contributed by atoms with Crippen molar-refractivity contribution in [1.82, 2.24) is 0 Å². The predicted molar refractivity (Wildman–Crippen MR) is 151 cm³/mol. The van der Waals surface area contributed by atoms with Crippen molar-refractivity contribution in [1.29, 1.82) is 0 Å². The van der Waals surface area contributed by atoms with E-state index < -0.39 is 23.2 Å². The maximum absolute atomic E-state index is 2.61. The van der Waals surface area contributed by atoms with Crippen molar-refractivity contribution in [2.45, 2.75) is 113 Å². The number of allylic oxidation sites excluding steroid dienone is 2. The van der Waals surface area contributed by atoms with Crippen LogP contribution in [0.5, 0.6) is 0 Å². The zero-order valence-electron chi connectivity index (χ0n) is 24.6. The smallest absolute Gasteiger partial charge is 1.00 e. The van der Waals surface area contributed by atoms with E-state index >= 15 is 0 Å². The zero-order valence-corrected chi connectivity index (χ0v) is 28.6. The van der Waals surface area contributed by atoms with E-state index in [0.29, 0.717) is 30.9 Å². The van der Waals surface area contributed by atoms with Crippen molar-refractivity contribution in [3.8, 4) is 0 Å². The molecular formula is C34H46Cl2Zr. The summed E-state index contributed by atoms with van der Waals surface area (Å²) in [7, 11) is 0. The zero-order chi connectivity index (χ0) is 25.6. The number of benzene rings is 2. The van der Waals surface area contributed by atoms with E-state index in [4.69, 9.17) is 0 Å². The first kappa shape index (κ1) is 32.6. The van der Waals surface area contributed by atoms with Gasteiger partial charge in [-0.1, -0.05) is 0 Å². The standard InChI is InChI=1S/2C17H23.2ClH.Zr/c2*1-6-13-7-15-9-14(11(2)3)10-16(12(4)5)17(15)8-13;;;/h2*7-12H,6H2,1-5H3;2*1H;/q;;;;+2/p-2. The summed E-state index contributed by atoms with van der Waals surface area (Å²) >= 11 is -0.844. The molecule has 2 atom stereocenters. The van der Waals surface area contributed by atoms with Crippen molar-refractivity contribution in [3.05, 3.63) is 79.9 Å². The number of hydrogen-bond acceptors (Lipinski definition) is 0. The summed E-state index contributed by atoms with van der Waals surface area (Å²) in [6, 6.07) is 10.2. The van der Waals surface area contributed by atoms with E-state index in [1.165, 1.54) is 24.0 Å². The van der Waals surface area contributed by atoms with E-state index in [1.54, 1.807) is 44.5 Å². The van der Waals surface area contributed by atoms with E-state index in [1.807, 2.05) is 0 Å². The normalized spacial score (nSPS) is 17.9. The number of rotatable bonds is 8. The second kappa shape index (κ2) is 13.2. The van der Waals surface area contributed by atoms with Gasteiger partial charge in [-0.05, 0) is 0 Å². The first-order chi connectivity index (χ1) is 16.6. The molecule has 37 heavy (non-hydrogen) atoms. The summed E-state index contributed by atoms with van der Waals surface area (Å²) in [4.78, 5) is 0. The van der Waals surface area contributed by atoms with Crippen LogP contribution in [0.4, 0.5) is 0 Å². The molecule has 0 nitrogen and oxygen atoms in total. The third-order valence-electron chi connectivity index (χ3n) is 8.28. The molecule has 0 heterocycles. The maximum Gasteiger partial charge on any atom is -1.00 e. The van der Waals surface area contributed by atoms with Gasteiger partial charge in [0.2, 0.25) is 0 Å². The van der Waals surface area contributed by atoms with Gasteiger partial charge in [-0.15, -0.1) is 0 Å². The first-order valence-corrected chi connectivity index (χ1v) is 16.9. The third kappa shape index (κ3) is 6.26. The van der Waals surface area contributed by atoms with Crippen LogP contribution in [0.15, 0.2) is 35.4 Å². The fourth-order valence-electron chi connectivity index (χ4n) is 5.99. The monoisotopic (exact) mass is 614 g/mol. The van der Waals surface area contributed by atoms with Gasteiger partial charge in [-0.3, -0.25) is 0 Å². The number of halogens is 2. The molecule has 4 rings (SSSR count). The Bertz CT molecular complexity index is 1080. The minimum Gasteiger partial charge on any atom is -1.00 e. The SMILES string of the molecule is CCC1=Cc2c(C(C)C)cc(C(C)C)cc2[CH]1[Zr+2][CH]1C(CC)=Cc2c(C(C)C)cc(C(C)C)cc21.[Cl-].[Cl-]. The van der Waals surface area contributed by atoms with Crippen LogP contribution in [0.1, 0.15) is 158 Å². The number of hydrogen-bond donors (Lipinski definition) is 0. The second-order valence-corrected chi connectivity index (χ2v) is 15.7. The van der Waals surface area contributed by atoms with Crippen LogP contribution in [0, 0.1) is 0 Å². The molecule has 0 radical (unpaired) electrons. The Hall–Kier alpha value is -0.617. The minimum atomic E-state index is -0.844. The van der Waals surface area contributed by atoms with Crippen LogP contribution in [0.3, 0.4) is 0 Å². The van der Waals surface area contributed by atoms with Gasteiger partial charge in [0.15, 0.2) is 0 Å². The van der Waals surface area contributed by atoms with Gasteiger partial charge in [-0.2, -0.15) is 0 Å². The van der Waals surface area contributed by atoms with Gasteiger partial charge in [0.25, 0.3) is 0 Å². The first-order valence-electron chi connectivity index (χ1n) is 14.1. The molecule has 2 aliphatic carbocycles. The van der Waals surface area contributed by atoms with Crippen molar-refractivity contribution in [2.75, 3.05) is 0 Å². The average Bonchev–Trinajstić information content (AvgIpc) is 3.35. The summed E-state index contributed by atoms with van der Waals surface area (Å²) in [6.45, 7) is 23.7. The van der Waals surface area contributed by atoms with Crippen LogP contribution in [0.25, 0.3) is 12.2 Å². The molecule has 0 saturated carbocycles. The molecular weight excluding hydrogens is 571 g/mol. The number of fused-ring (bicyclic) bond motifs is 2. The predicted octanol–water partition coefficient (Wildman–Crippen LogP) is 4.67. The fraction of sp³-hybridized carbons (Fsp3) is 0.529. The molecule has 200 valence electrons. The molecule has 0 fully saturated rings. The summed E-state index contributed by atoms with van der Waals surface area (Å²) in [5, 5.41) is 0. The Kier molecular flexibility index (Phi) is 11.6. The Balaban J connectivity index is 0.00000241. The summed E-state index contributed by atoms with van der Waals surface area (Å²) in [6.07, 6.45) is 7.58. The van der Waals surface area contributed by atoms with Gasteiger partial charge in [0.1, 0.15) is 0 Å². The summed E-state index contributed by atoms with van der Waals surface area (Å²) in [5.74, 6) is 2.30. The van der Waals surface area contributed by atoms with Crippen LogP contribution >= 0.6 is 0 Å². The van der Waals surface area contributed by atoms with Crippen molar-refractivity contribution >= 4 is 12.2 Å². The topological polar surface area (TPSA) is 0 Å². The van der Waals surface area contributed by atoms with E-state index in [9.17, 15) is 0 Å². The van der Waals surface area contributed by atoms with Gasteiger partial charge >= 0.3 is 228 Å².